The van der Waals surface area contributed by atoms with E-state index in [2.05, 4.69) is 63.6 Å². The van der Waals surface area contributed by atoms with Crippen molar-refractivity contribution in [2.75, 3.05) is 0 Å². The van der Waals surface area contributed by atoms with Crippen LogP contribution in [-0.2, 0) is 6.54 Å². The molecule has 5 heteroatoms. The molecule has 1 aromatic carbocycles. The summed E-state index contributed by atoms with van der Waals surface area (Å²) in [6.45, 7) is 14.6. The minimum Gasteiger partial charge on any atom is -0.347 e. The Balaban J connectivity index is 1.98. The van der Waals surface area contributed by atoms with Gasteiger partial charge in [-0.2, -0.15) is 0 Å². The second-order valence-corrected chi connectivity index (χ2v) is 15.6. The molecule has 34 heavy (non-hydrogen) atoms. The fraction of sp³-hybridized carbons (Fsp3) is 0.345. The second-order valence-electron chi connectivity index (χ2n) is 9.82. The number of aromatic nitrogens is 2. The molecule has 0 aliphatic heterocycles. The average Bonchev–Trinajstić information content (AvgIpc) is 2.83. The predicted molar refractivity (Wildman–Crippen MR) is 145 cm³/mol. The maximum absolute atomic E-state index is 12.9. The van der Waals surface area contributed by atoms with Gasteiger partial charge in [-0.15, -0.1) is 0 Å². The first-order chi connectivity index (χ1) is 16.3. The third-order valence-electron chi connectivity index (χ3n) is 6.91. The van der Waals surface area contributed by atoms with Crippen molar-refractivity contribution in [3.05, 3.63) is 89.4 Å². The Labute approximate surface area is 205 Å². The lowest BCUT2D eigenvalue weighted by atomic mass is 10.1. The highest BCUT2D eigenvalue weighted by molar-refractivity contribution is 6.88. The first kappa shape index (κ1) is 25.6. The number of pyridine rings is 2. The molecule has 0 saturated heterocycles. The van der Waals surface area contributed by atoms with Gasteiger partial charge in [0, 0.05) is 18.3 Å². The Morgan fingerprint density at radius 2 is 1.53 bits per heavy atom. The maximum Gasteiger partial charge on any atom is 0.270 e. The zero-order chi connectivity index (χ0) is 24.7. The second kappa shape index (κ2) is 11.4. The summed E-state index contributed by atoms with van der Waals surface area (Å²) in [6.07, 6.45) is 4.00. The highest BCUT2D eigenvalue weighted by atomic mass is 28.3. The monoisotopic (exact) mass is 471 g/mol. The van der Waals surface area contributed by atoms with E-state index in [1.54, 1.807) is 6.20 Å². The Morgan fingerprint density at radius 3 is 2.12 bits per heavy atom. The van der Waals surface area contributed by atoms with E-state index in [9.17, 15) is 4.79 Å². The van der Waals surface area contributed by atoms with Crippen LogP contribution in [0.2, 0.25) is 16.6 Å². The van der Waals surface area contributed by atoms with Crippen molar-refractivity contribution >= 4 is 20.1 Å². The van der Waals surface area contributed by atoms with Gasteiger partial charge in [0.05, 0.1) is 19.5 Å². The summed E-state index contributed by atoms with van der Waals surface area (Å²) in [6, 6.07) is 19.5. The van der Waals surface area contributed by atoms with Crippen molar-refractivity contribution in [2.24, 2.45) is 0 Å². The minimum absolute atomic E-state index is 0.188. The molecule has 3 aromatic rings. The zero-order valence-electron chi connectivity index (χ0n) is 21.2. The molecule has 2 heterocycles. The van der Waals surface area contributed by atoms with Crippen LogP contribution in [0.25, 0.3) is 17.5 Å². The van der Waals surface area contributed by atoms with Crippen LogP contribution in [0.3, 0.4) is 0 Å². The molecule has 1 amide bonds. The van der Waals surface area contributed by atoms with E-state index in [1.165, 1.54) is 0 Å². The first-order valence-electron chi connectivity index (χ1n) is 12.2. The smallest absolute Gasteiger partial charge is 0.270 e. The zero-order valence-corrected chi connectivity index (χ0v) is 22.2. The molecular formula is C29H37N3OSi. The van der Waals surface area contributed by atoms with Crippen molar-refractivity contribution in [2.45, 2.75) is 64.7 Å². The summed E-state index contributed by atoms with van der Waals surface area (Å²) < 4.78 is 0. The number of amides is 1. The first-order valence-corrected chi connectivity index (χ1v) is 14.5. The third-order valence-corrected chi connectivity index (χ3v) is 13.7. The van der Waals surface area contributed by atoms with Gasteiger partial charge in [-0.3, -0.25) is 9.78 Å². The van der Waals surface area contributed by atoms with Gasteiger partial charge in [-0.05, 0) is 40.4 Å². The summed E-state index contributed by atoms with van der Waals surface area (Å²) in [4.78, 5) is 22.2. The van der Waals surface area contributed by atoms with Crippen molar-refractivity contribution in [1.82, 2.24) is 15.3 Å². The Bertz CT molecular complexity index is 1090. The van der Waals surface area contributed by atoms with Crippen molar-refractivity contribution in [1.29, 1.82) is 0 Å². The lowest BCUT2D eigenvalue weighted by molar-refractivity contribution is 0.0946. The largest absolute Gasteiger partial charge is 0.347 e. The van der Waals surface area contributed by atoms with Crippen LogP contribution in [0.4, 0.5) is 0 Å². The van der Waals surface area contributed by atoms with E-state index >= 15 is 0 Å². The van der Waals surface area contributed by atoms with Crippen LogP contribution < -0.4 is 5.32 Å². The molecule has 0 aliphatic rings. The number of rotatable bonds is 9. The van der Waals surface area contributed by atoms with Crippen LogP contribution in [0.15, 0.2) is 72.6 Å². The van der Waals surface area contributed by atoms with Gasteiger partial charge in [0.2, 0.25) is 0 Å². The van der Waals surface area contributed by atoms with Crippen LogP contribution in [0.1, 0.15) is 63.2 Å². The number of nitrogens with one attached hydrogen (secondary N) is 1. The molecule has 4 nitrogen and oxygen atoms in total. The highest BCUT2D eigenvalue weighted by Gasteiger charge is 2.40. The normalized spacial score (nSPS) is 12.1. The summed E-state index contributed by atoms with van der Waals surface area (Å²) in [5.74, 6) is -0.188. The molecule has 0 fully saturated rings. The van der Waals surface area contributed by atoms with Crippen LogP contribution >= 0.6 is 0 Å². The predicted octanol–water partition coefficient (Wildman–Crippen LogP) is 7.30. The molecule has 0 unspecified atom stereocenters. The Morgan fingerprint density at radius 1 is 0.882 bits per heavy atom. The number of hydrogen-bond acceptors (Lipinski definition) is 3. The van der Waals surface area contributed by atoms with Crippen LogP contribution in [0, 0.1) is 0 Å². The van der Waals surface area contributed by atoms with Gasteiger partial charge in [0.25, 0.3) is 5.91 Å². The number of carbonyl (C=O) groups excluding carboxylic acids is 1. The van der Waals surface area contributed by atoms with Crippen molar-refractivity contribution in [3.8, 4) is 11.4 Å². The Kier molecular flexibility index (Phi) is 8.56. The number of hydrogen-bond donors (Lipinski definition) is 1. The molecule has 0 spiro atoms. The summed E-state index contributed by atoms with van der Waals surface area (Å²) in [5.41, 5.74) is 8.32. The minimum atomic E-state index is -1.73. The van der Waals surface area contributed by atoms with Crippen LogP contribution in [-0.4, -0.2) is 23.9 Å². The SMILES string of the molecule is CC(C)[Si](/C=C/c1ccc(C(=O)NCc2ccccc2)nc1-c1ccccn1)(C(C)C)C(C)C. The van der Waals surface area contributed by atoms with Crippen molar-refractivity contribution < 1.29 is 4.79 Å². The van der Waals surface area contributed by atoms with E-state index in [1.807, 2.05) is 60.7 Å². The summed E-state index contributed by atoms with van der Waals surface area (Å²) in [5, 5.41) is 2.98. The van der Waals surface area contributed by atoms with Gasteiger partial charge in [0.15, 0.2) is 0 Å². The van der Waals surface area contributed by atoms with Gasteiger partial charge in [-0.1, -0.05) is 95.8 Å². The topological polar surface area (TPSA) is 54.9 Å². The maximum atomic E-state index is 12.9. The molecule has 3 rings (SSSR count). The average molecular weight is 472 g/mol. The van der Waals surface area contributed by atoms with Gasteiger partial charge in [0.1, 0.15) is 5.69 Å². The van der Waals surface area contributed by atoms with E-state index in [0.717, 1.165) is 22.5 Å². The lowest BCUT2D eigenvalue weighted by Crippen LogP contribution is -2.42. The molecule has 0 bridgehead atoms. The molecule has 0 atom stereocenters. The lowest BCUT2D eigenvalue weighted by Gasteiger charge is -2.40. The number of nitrogens with zero attached hydrogens (tertiary/aromatic N) is 2. The fourth-order valence-electron chi connectivity index (χ4n) is 5.12. The molecule has 1 N–H and O–H groups in total. The Hall–Kier alpha value is -3.05. The molecule has 2 aromatic heterocycles. The van der Waals surface area contributed by atoms with Gasteiger partial charge < -0.3 is 5.32 Å². The molecular weight excluding hydrogens is 434 g/mol. The van der Waals surface area contributed by atoms with E-state index in [-0.39, 0.29) is 5.91 Å². The quantitative estimate of drug-likeness (QED) is 0.333. The summed E-state index contributed by atoms with van der Waals surface area (Å²) >= 11 is 0. The number of carbonyl (C=O) groups is 1. The fourth-order valence-corrected chi connectivity index (χ4v) is 10.7. The highest BCUT2D eigenvalue weighted by Crippen LogP contribution is 2.43. The molecule has 0 radical (unpaired) electrons. The van der Waals surface area contributed by atoms with E-state index < -0.39 is 8.07 Å². The van der Waals surface area contributed by atoms with Gasteiger partial charge in [-0.25, -0.2) is 4.98 Å². The van der Waals surface area contributed by atoms with E-state index in [4.69, 9.17) is 4.98 Å². The number of benzene rings is 1. The summed E-state index contributed by atoms with van der Waals surface area (Å²) in [7, 11) is -1.73. The van der Waals surface area contributed by atoms with Crippen LogP contribution in [0.5, 0.6) is 0 Å². The van der Waals surface area contributed by atoms with Gasteiger partial charge >= 0.3 is 0 Å². The molecule has 178 valence electrons. The molecule has 0 saturated carbocycles. The molecule has 0 aliphatic carbocycles. The van der Waals surface area contributed by atoms with E-state index in [0.29, 0.717) is 28.9 Å². The standard InChI is InChI=1S/C29H37N3OSi/c1-21(2)34(22(3)4,23(5)6)19-17-25-15-16-27(32-28(25)26-14-10-11-18-30-26)29(33)31-20-24-12-8-7-9-13-24/h7-19,21-23H,20H2,1-6H3,(H,31,33)/b19-17+. The van der Waals surface area contributed by atoms with Crippen molar-refractivity contribution in [3.63, 3.8) is 0 Å². The third kappa shape index (κ3) is 5.71.